The molecule has 0 N–H and O–H groups in total. The molecule has 1 saturated heterocycles. The summed E-state index contributed by atoms with van der Waals surface area (Å²) in [5.41, 5.74) is 4.72. The van der Waals surface area contributed by atoms with Crippen LogP contribution in [0.25, 0.3) is 0 Å². The third kappa shape index (κ3) is 5.35. The number of benzene rings is 2. The summed E-state index contributed by atoms with van der Waals surface area (Å²) in [6.07, 6.45) is 1.16. The highest BCUT2D eigenvalue weighted by Crippen LogP contribution is 2.15. The molecule has 0 aromatic heterocycles. The van der Waals surface area contributed by atoms with E-state index in [2.05, 4.69) is 0 Å². The van der Waals surface area contributed by atoms with Crippen LogP contribution in [0.5, 0.6) is 0 Å². The molecule has 2 amide bonds. The molecule has 0 spiro atoms. The van der Waals surface area contributed by atoms with E-state index in [1.165, 1.54) is 5.56 Å². The van der Waals surface area contributed by atoms with Gasteiger partial charge in [0.2, 0.25) is 5.91 Å². The molecule has 1 aliphatic rings. The zero-order valence-corrected chi connectivity index (χ0v) is 18.1. The summed E-state index contributed by atoms with van der Waals surface area (Å²) in [6, 6.07) is 13.2. The molecule has 30 heavy (non-hydrogen) atoms. The molecule has 1 aliphatic heterocycles. The van der Waals surface area contributed by atoms with Crippen LogP contribution in [0, 0.1) is 20.8 Å². The minimum atomic E-state index is -0.0176. The van der Waals surface area contributed by atoms with Gasteiger partial charge in [-0.1, -0.05) is 35.9 Å². The highest BCUT2D eigenvalue weighted by atomic mass is 16.2. The largest absolute Gasteiger partial charge is 0.341 e. The van der Waals surface area contributed by atoms with Gasteiger partial charge in [-0.05, 0) is 50.5 Å². The van der Waals surface area contributed by atoms with Gasteiger partial charge < -0.3 is 9.80 Å². The fourth-order valence-corrected chi connectivity index (χ4v) is 3.69. The molecule has 0 saturated carbocycles. The number of nitrogens with zero attached hydrogens (tertiary/aromatic N) is 2. The van der Waals surface area contributed by atoms with E-state index in [0.717, 1.165) is 17.5 Å². The molecule has 2 aromatic rings. The molecule has 1 fully saturated rings. The van der Waals surface area contributed by atoms with Crippen molar-refractivity contribution in [3.05, 3.63) is 70.3 Å². The number of amides is 2. The van der Waals surface area contributed by atoms with Crippen molar-refractivity contribution in [1.82, 2.24) is 9.80 Å². The number of hydrogen-bond acceptors (Lipinski definition) is 3. The minimum Gasteiger partial charge on any atom is -0.341 e. The summed E-state index contributed by atoms with van der Waals surface area (Å²) in [4.78, 5) is 41.5. The van der Waals surface area contributed by atoms with Gasteiger partial charge in [0.15, 0.2) is 5.78 Å². The van der Waals surface area contributed by atoms with Crippen molar-refractivity contribution in [3.8, 4) is 0 Å². The molecule has 2 aromatic carbocycles. The average molecular weight is 407 g/mol. The molecule has 3 rings (SSSR count). The summed E-state index contributed by atoms with van der Waals surface area (Å²) in [7, 11) is 0. The van der Waals surface area contributed by atoms with Crippen molar-refractivity contribution in [2.45, 2.75) is 40.0 Å². The van der Waals surface area contributed by atoms with Crippen LogP contribution in [0.15, 0.2) is 42.5 Å². The van der Waals surface area contributed by atoms with Gasteiger partial charge in [0, 0.05) is 50.1 Å². The first-order valence-corrected chi connectivity index (χ1v) is 10.6. The second-order valence-corrected chi connectivity index (χ2v) is 8.11. The maximum atomic E-state index is 12.9. The van der Waals surface area contributed by atoms with Crippen molar-refractivity contribution >= 4 is 17.6 Å². The van der Waals surface area contributed by atoms with Crippen molar-refractivity contribution in [2.24, 2.45) is 0 Å². The summed E-state index contributed by atoms with van der Waals surface area (Å²) in [6.45, 7) is 8.30. The maximum Gasteiger partial charge on any atom is 0.253 e. The van der Waals surface area contributed by atoms with Crippen molar-refractivity contribution in [3.63, 3.8) is 0 Å². The van der Waals surface area contributed by atoms with Gasteiger partial charge in [0.1, 0.15) is 0 Å². The van der Waals surface area contributed by atoms with E-state index in [-0.39, 0.29) is 30.4 Å². The van der Waals surface area contributed by atoms with E-state index in [4.69, 9.17) is 0 Å². The Morgan fingerprint density at radius 3 is 2.07 bits per heavy atom. The normalized spacial score (nSPS) is 14.4. The Morgan fingerprint density at radius 2 is 1.37 bits per heavy atom. The first kappa shape index (κ1) is 21.8. The molecule has 0 bridgehead atoms. The first-order valence-electron chi connectivity index (χ1n) is 10.6. The highest BCUT2D eigenvalue weighted by molar-refractivity contribution is 5.98. The van der Waals surface area contributed by atoms with E-state index in [9.17, 15) is 14.4 Å². The quantitative estimate of drug-likeness (QED) is 0.707. The lowest BCUT2D eigenvalue weighted by atomic mass is 10.0. The number of Topliss-reactive ketones (excluding diaryl/α,β-unsaturated/α-hetero) is 1. The van der Waals surface area contributed by atoms with E-state index < -0.39 is 0 Å². The number of aryl methyl sites for hydroxylation is 3. The minimum absolute atomic E-state index is 0.00952. The SMILES string of the molecule is Cc1ccc(C(=O)CCC(=O)N2CCCN(C(=O)c3ccc(C)c(C)c3)CC2)cc1. The Balaban J connectivity index is 1.53. The predicted molar refractivity (Wildman–Crippen MR) is 118 cm³/mol. The van der Waals surface area contributed by atoms with Crippen LogP contribution < -0.4 is 0 Å². The van der Waals surface area contributed by atoms with Crippen molar-refractivity contribution in [2.75, 3.05) is 26.2 Å². The zero-order chi connectivity index (χ0) is 21.7. The molecule has 158 valence electrons. The Hall–Kier alpha value is -2.95. The van der Waals surface area contributed by atoms with Gasteiger partial charge in [-0.25, -0.2) is 0 Å². The molecule has 0 aliphatic carbocycles. The van der Waals surface area contributed by atoms with Gasteiger partial charge in [0.05, 0.1) is 0 Å². The van der Waals surface area contributed by atoms with Crippen LogP contribution in [0.4, 0.5) is 0 Å². The van der Waals surface area contributed by atoms with E-state index in [1.54, 1.807) is 4.90 Å². The Morgan fingerprint density at radius 1 is 0.733 bits per heavy atom. The number of hydrogen-bond donors (Lipinski definition) is 0. The van der Waals surface area contributed by atoms with Gasteiger partial charge >= 0.3 is 0 Å². The molecule has 0 radical (unpaired) electrons. The summed E-state index contributed by atoms with van der Waals surface area (Å²) in [5, 5.41) is 0. The van der Waals surface area contributed by atoms with Crippen LogP contribution >= 0.6 is 0 Å². The average Bonchev–Trinajstić information content (AvgIpc) is 3.00. The molecule has 5 nitrogen and oxygen atoms in total. The Kier molecular flexibility index (Phi) is 7.03. The van der Waals surface area contributed by atoms with Gasteiger partial charge in [0.25, 0.3) is 5.91 Å². The Bertz CT molecular complexity index is 934. The lowest BCUT2D eigenvalue weighted by Gasteiger charge is -2.22. The van der Waals surface area contributed by atoms with Crippen molar-refractivity contribution in [1.29, 1.82) is 0 Å². The number of rotatable bonds is 5. The van der Waals surface area contributed by atoms with Crippen LogP contribution in [-0.4, -0.2) is 53.6 Å². The maximum absolute atomic E-state index is 12.9. The lowest BCUT2D eigenvalue weighted by Crippen LogP contribution is -2.37. The zero-order valence-electron chi connectivity index (χ0n) is 18.1. The summed E-state index contributed by atoms with van der Waals surface area (Å²) < 4.78 is 0. The summed E-state index contributed by atoms with van der Waals surface area (Å²) in [5.74, 6) is -0.0115. The molecule has 0 atom stereocenters. The van der Waals surface area contributed by atoms with Crippen LogP contribution in [0.1, 0.15) is 56.7 Å². The number of carbonyl (C=O) groups is 3. The highest BCUT2D eigenvalue weighted by Gasteiger charge is 2.23. The van der Waals surface area contributed by atoms with Crippen LogP contribution in [0.2, 0.25) is 0 Å². The Labute approximate surface area is 178 Å². The van der Waals surface area contributed by atoms with Crippen LogP contribution in [-0.2, 0) is 4.79 Å². The number of carbonyl (C=O) groups excluding carboxylic acids is 3. The predicted octanol–water partition coefficient (Wildman–Crippen LogP) is 3.95. The fraction of sp³-hybridized carbons (Fsp3) is 0.400. The third-order valence-corrected chi connectivity index (χ3v) is 5.83. The molecule has 1 heterocycles. The fourth-order valence-electron chi connectivity index (χ4n) is 3.69. The van der Waals surface area contributed by atoms with E-state index in [1.807, 2.05) is 68.1 Å². The van der Waals surface area contributed by atoms with Gasteiger partial charge in [-0.15, -0.1) is 0 Å². The molecule has 5 heteroatoms. The van der Waals surface area contributed by atoms with Gasteiger partial charge in [-0.2, -0.15) is 0 Å². The molecular weight excluding hydrogens is 376 g/mol. The smallest absolute Gasteiger partial charge is 0.253 e. The standard InChI is InChI=1S/C25H30N2O3/c1-18-5-8-21(9-6-18)23(28)11-12-24(29)26-13-4-14-27(16-15-26)25(30)22-10-7-19(2)20(3)17-22/h5-10,17H,4,11-16H2,1-3H3. The van der Waals surface area contributed by atoms with E-state index >= 15 is 0 Å². The van der Waals surface area contributed by atoms with Crippen LogP contribution in [0.3, 0.4) is 0 Å². The van der Waals surface area contributed by atoms with Gasteiger partial charge in [-0.3, -0.25) is 14.4 Å². The number of ketones is 1. The third-order valence-electron chi connectivity index (χ3n) is 5.83. The lowest BCUT2D eigenvalue weighted by molar-refractivity contribution is -0.131. The monoisotopic (exact) mass is 406 g/mol. The topological polar surface area (TPSA) is 57.7 Å². The second kappa shape index (κ2) is 9.70. The summed E-state index contributed by atoms with van der Waals surface area (Å²) >= 11 is 0. The second-order valence-electron chi connectivity index (χ2n) is 8.11. The van der Waals surface area contributed by atoms with Crippen molar-refractivity contribution < 1.29 is 14.4 Å². The first-order chi connectivity index (χ1) is 14.3. The van der Waals surface area contributed by atoms with E-state index in [0.29, 0.717) is 37.3 Å². The molecular formula is C25H30N2O3. The molecule has 0 unspecified atom stereocenters.